The van der Waals surface area contributed by atoms with E-state index in [0.29, 0.717) is 53.4 Å². The number of carbonyl (C=O) groups excluding carboxylic acids is 1. The fourth-order valence-electron chi connectivity index (χ4n) is 3.70. The van der Waals surface area contributed by atoms with Gasteiger partial charge in [-0.15, -0.1) is 0 Å². The second kappa shape index (κ2) is 8.85. The van der Waals surface area contributed by atoms with Gasteiger partial charge in [0.1, 0.15) is 11.1 Å². The van der Waals surface area contributed by atoms with E-state index in [1.165, 1.54) is 0 Å². The molecule has 156 valence electrons. The average Bonchev–Trinajstić information content (AvgIpc) is 2.78. The van der Waals surface area contributed by atoms with Crippen LogP contribution in [0.3, 0.4) is 0 Å². The molecule has 0 atom stereocenters. The predicted octanol–water partition coefficient (Wildman–Crippen LogP) is 2.52. The van der Waals surface area contributed by atoms with Crippen LogP contribution in [0.15, 0.2) is 53.6 Å². The van der Waals surface area contributed by atoms with Crippen molar-refractivity contribution in [1.29, 1.82) is 0 Å². The Morgan fingerprint density at radius 1 is 1.07 bits per heavy atom. The number of aromatic nitrogens is 2. The van der Waals surface area contributed by atoms with Crippen molar-refractivity contribution in [3.63, 3.8) is 0 Å². The number of halogens is 1. The smallest absolute Gasteiger partial charge is 0.265 e. The van der Waals surface area contributed by atoms with E-state index in [1.54, 1.807) is 54.4 Å². The van der Waals surface area contributed by atoms with Gasteiger partial charge in [0.2, 0.25) is 0 Å². The number of ether oxygens (including phenoxy) is 1. The fourth-order valence-corrected chi connectivity index (χ4v) is 3.82. The van der Waals surface area contributed by atoms with Crippen molar-refractivity contribution in [1.82, 2.24) is 19.4 Å². The van der Waals surface area contributed by atoms with E-state index < -0.39 is 0 Å². The van der Waals surface area contributed by atoms with Crippen LogP contribution in [-0.2, 0) is 6.54 Å². The third-order valence-electron chi connectivity index (χ3n) is 5.44. The minimum atomic E-state index is -0.103. The van der Waals surface area contributed by atoms with Crippen LogP contribution in [0.5, 0.6) is 5.75 Å². The van der Waals surface area contributed by atoms with Gasteiger partial charge in [0, 0.05) is 49.9 Å². The van der Waals surface area contributed by atoms with Crippen LogP contribution in [0.2, 0.25) is 5.02 Å². The number of methoxy groups -OCH3 is 1. The van der Waals surface area contributed by atoms with E-state index >= 15 is 0 Å². The standard InChI is InChI=1S/C22H23ClN4O3/c1-30-19-4-2-3-18-20(19)22(29)27(15-24-18)14-11-25-9-12-26(13-10-25)21(28)16-5-7-17(23)8-6-16/h2-8,15H,9-14H2,1H3. The SMILES string of the molecule is COc1cccc2ncn(CCN3CCN(C(=O)c4ccc(Cl)cc4)CC3)c(=O)c12. The summed E-state index contributed by atoms with van der Waals surface area (Å²) in [7, 11) is 1.55. The third-order valence-corrected chi connectivity index (χ3v) is 5.69. The van der Waals surface area contributed by atoms with Gasteiger partial charge in [-0.25, -0.2) is 4.98 Å². The number of fused-ring (bicyclic) bond motifs is 1. The van der Waals surface area contributed by atoms with Gasteiger partial charge < -0.3 is 9.64 Å². The summed E-state index contributed by atoms with van der Waals surface area (Å²) in [5.74, 6) is 0.557. The Hall–Kier alpha value is -2.90. The highest BCUT2D eigenvalue weighted by atomic mass is 35.5. The molecule has 0 N–H and O–H groups in total. The molecule has 1 aliphatic rings. The molecule has 0 bridgehead atoms. The van der Waals surface area contributed by atoms with Gasteiger partial charge in [-0.1, -0.05) is 17.7 Å². The lowest BCUT2D eigenvalue weighted by Gasteiger charge is -2.34. The van der Waals surface area contributed by atoms with Crippen molar-refractivity contribution in [2.45, 2.75) is 6.54 Å². The van der Waals surface area contributed by atoms with Gasteiger partial charge in [0.05, 0.1) is 19.0 Å². The van der Waals surface area contributed by atoms with Crippen molar-refractivity contribution in [3.05, 3.63) is 69.7 Å². The van der Waals surface area contributed by atoms with E-state index in [1.807, 2.05) is 11.0 Å². The van der Waals surface area contributed by atoms with Crippen molar-refractivity contribution in [3.8, 4) is 5.75 Å². The first kappa shape index (κ1) is 20.4. The van der Waals surface area contributed by atoms with Gasteiger partial charge in [-0.3, -0.25) is 19.1 Å². The van der Waals surface area contributed by atoms with Gasteiger partial charge in [-0.2, -0.15) is 0 Å². The quantitative estimate of drug-likeness (QED) is 0.627. The Labute approximate surface area is 179 Å². The molecule has 1 aliphatic heterocycles. The van der Waals surface area contributed by atoms with E-state index in [0.717, 1.165) is 13.1 Å². The summed E-state index contributed by atoms with van der Waals surface area (Å²) in [6.07, 6.45) is 1.59. The Bertz CT molecular complexity index is 1110. The van der Waals surface area contributed by atoms with Gasteiger partial charge >= 0.3 is 0 Å². The minimum Gasteiger partial charge on any atom is -0.496 e. The highest BCUT2D eigenvalue weighted by molar-refractivity contribution is 6.30. The molecular formula is C22H23ClN4O3. The second-order valence-electron chi connectivity index (χ2n) is 7.24. The fraction of sp³-hybridized carbons (Fsp3) is 0.318. The number of hydrogen-bond donors (Lipinski definition) is 0. The Morgan fingerprint density at radius 3 is 2.50 bits per heavy atom. The Balaban J connectivity index is 1.37. The number of benzene rings is 2. The molecule has 0 spiro atoms. The largest absolute Gasteiger partial charge is 0.496 e. The molecule has 0 radical (unpaired) electrons. The molecule has 30 heavy (non-hydrogen) atoms. The predicted molar refractivity (Wildman–Crippen MR) is 116 cm³/mol. The number of carbonyl (C=O) groups is 1. The zero-order chi connectivity index (χ0) is 21.1. The lowest BCUT2D eigenvalue weighted by molar-refractivity contribution is 0.0633. The summed E-state index contributed by atoms with van der Waals surface area (Å²) >= 11 is 5.90. The molecule has 1 amide bonds. The Morgan fingerprint density at radius 2 is 1.80 bits per heavy atom. The molecule has 1 fully saturated rings. The van der Waals surface area contributed by atoms with Crippen LogP contribution in [-0.4, -0.2) is 65.1 Å². The zero-order valence-electron chi connectivity index (χ0n) is 16.8. The topological polar surface area (TPSA) is 67.7 Å². The summed E-state index contributed by atoms with van der Waals surface area (Å²) in [5.41, 5.74) is 1.18. The van der Waals surface area contributed by atoms with Crippen molar-refractivity contribution in [2.24, 2.45) is 0 Å². The van der Waals surface area contributed by atoms with Gasteiger partial charge in [0.25, 0.3) is 11.5 Å². The molecule has 1 saturated heterocycles. The molecule has 2 aromatic carbocycles. The zero-order valence-corrected chi connectivity index (χ0v) is 17.5. The van der Waals surface area contributed by atoms with E-state index in [4.69, 9.17) is 16.3 Å². The molecule has 1 aromatic heterocycles. The van der Waals surface area contributed by atoms with Crippen molar-refractivity contribution < 1.29 is 9.53 Å². The van der Waals surface area contributed by atoms with Crippen molar-refractivity contribution >= 4 is 28.4 Å². The maximum atomic E-state index is 12.9. The van der Waals surface area contributed by atoms with Crippen LogP contribution in [0.1, 0.15) is 10.4 Å². The molecule has 3 aromatic rings. The van der Waals surface area contributed by atoms with Crippen LogP contribution >= 0.6 is 11.6 Å². The number of nitrogens with zero attached hydrogens (tertiary/aromatic N) is 4. The summed E-state index contributed by atoms with van der Waals surface area (Å²) in [5, 5.41) is 1.12. The summed E-state index contributed by atoms with van der Waals surface area (Å²) in [6.45, 7) is 4.08. The molecule has 7 nitrogen and oxygen atoms in total. The van der Waals surface area contributed by atoms with Crippen LogP contribution in [0.4, 0.5) is 0 Å². The summed E-state index contributed by atoms with van der Waals surface area (Å²) in [6, 6.07) is 12.4. The van der Waals surface area contributed by atoms with Crippen molar-refractivity contribution in [2.75, 3.05) is 39.8 Å². The number of rotatable bonds is 5. The van der Waals surface area contributed by atoms with E-state index in [-0.39, 0.29) is 11.5 Å². The molecule has 0 aliphatic carbocycles. The number of hydrogen-bond acceptors (Lipinski definition) is 5. The first-order valence-electron chi connectivity index (χ1n) is 9.86. The van der Waals surface area contributed by atoms with Gasteiger partial charge in [-0.05, 0) is 36.4 Å². The second-order valence-corrected chi connectivity index (χ2v) is 7.67. The maximum absolute atomic E-state index is 12.9. The minimum absolute atomic E-state index is 0.0216. The molecule has 8 heteroatoms. The maximum Gasteiger partial charge on any atom is 0.265 e. The molecular weight excluding hydrogens is 404 g/mol. The first-order valence-corrected chi connectivity index (χ1v) is 10.2. The third kappa shape index (κ3) is 4.17. The van der Waals surface area contributed by atoms with Crippen LogP contribution in [0, 0.1) is 0 Å². The van der Waals surface area contributed by atoms with E-state index in [2.05, 4.69) is 9.88 Å². The van der Waals surface area contributed by atoms with Crippen LogP contribution in [0.25, 0.3) is 10.9 Å². The van der Waals surface area contributed by atoms with Gasteiger partial charge in [0.15, 0.2) is 0 Å². The lowest BCUT2D eigenvalue weighted by Crippen LogP contribution is -2.49. The molecule has 2 heterocycles. The summed E-state index contributed by atoms with van der Waals surface area (Å²) in [4.78, 5) is 34.0. The highest BCUT2D eigenvalue weighted by Crippen LogP contribution is 2.20. The lowest BCUT2D eigenvalue weighted by atomic mass is 10.2. The molecule has 0 unspecified atom stereocenters. The average molecular weight is 427 g/mol. The number of piperazine rings is 1. The monoisotopic (exact) mass is 426 g/mol. The molecule has 0 saturated carbocycles. The normalized spacial score (nSPS) is 14.8. The highest BCUT2D eigenvalue weighted by Gasteiger charge is 2.22. The van der Waals surface area contributed by atoms with E-state index in [9.17, 15) is 9.59 Å². The first-order chi connectivity index (χ1) is 14.6. The summed E-state index contributed by atoms with van der Waals surface area (Å²) < 4.78 is 6.95. The van der Waals surface area contributed by atoms with Crippen LogP contribution < -0.4 is 10.3 Å². The Kier molecular flexibility index (Phi) is 6.01. The molecule has 4 rings (SSSR count). The number of amides is 1.